The van der Waals surface area contributed by atoms with Crippen LogP contribution in [-0.4, -0.2) is 26.3 Å². The maximum Gasteiger partial charge on any atom is 0.352 e. The predicted molar refractivity (Wildman–Crippen MR) is 121 cm³/mol. The van der Waals surface area contributed by atoms with E-state index >= 15 is 0 Å². The lowest BCUT2D eigenvalue weighted by molar-refractivity contribution is 0.0929. The standard InChI is InChI=1S/C23H25ClN4O3/c1-5-16(4)25-21(29)20-22(30)27(13-17-8-6-7-14(2)11-17)23(31)28(26-20)18-10-9-15(3)19(24)12-18/h6-12,16H,5,13H2,1-4H3,(H,25,29)/t16-/m0/s1. The lowest BCUT2D eigenvalue weighted by Crippen LogP contribution is -2.47. The zero-order valence-corrected chi connectivity index (χ0v) is 18.7. The maximum absolute atomic E-state index is 13.2. The molecule has 31 heavy (non-hydrogen) atoms. The second-order valence-electron chi connectivity index (χ2n) is 7.64. The molecule has 0 aliphatic rings. The highest BCUT2D eigenvalue weighted by molar-refractivity contribution is 6.31. The van der Waals surface area contributed by atoms with Crippen LogP contribution in [0.3, 0.4) is 0 Å². The van der Waals surface area contributed by atoms with Gasteiger partial charge in [-0.3, -0.25) is 14.2 Å². The van der Waals surface area contributed by atoms with E-state index in [1.165, 1.54) is 0 Å². The molecular formula is C23H25ClN4O3. The van der Waals surface area contributed by atoms with Crippen molar-refractivity contribution in [3.8, 4) is 5.69 Å². The van der Waals surface area contributed by atoms with Crippen LogP contribution in [0.25, 0.3) is 5.69 Å². The number of aryl methyl sites for hydroxylation is 2. The minimum Gasteiger partial charge on any atom is -0.348 e. The van der Waals surface area contributed by atoms with Gasteiger partial charge in [0, 0.05) is 11.1 Å². The molecule has 1 atom stereocenters. The number of nitrogens with one attached hydrogen (secondary N) is 1. The quantitative estimate of drug-likeness (QED) is 0.637. The molecule has 0 saturated carbocycles. The van der Waals surface area contributed by atoms with E-state index in [1.807, 2.05) is 52.0 Å². The van der Waals surface area contributed by atoms with Crippen molar-refractivity contribution >= 4 is 17.5 Å². The molecule has 0 aliphatic heterocycles. The number of hydrogen-bond donors (Lipinski definition) is 1. The molecule has 3 rings (SSSR count). The van der Waals surface area contributed by atoms with Gasteiger partial charge < -0.3 is 5.32 Å². The number of carbonyl (C=O) groups excluding carboxylic acids is 1. The summed E-state index contributed by atoms with van der Waals surface area (Å²) in [6.45, 7) is 7.54. The topological polar surface area (TPSA) is 86.0 Å². The van der Waals surface area contributed by atoms with Crippen LogP contribution < -0.4 is 16.6 Å². The smallest absolute Gasteiger partial charge is 0.348 e. The Morgan fingerprint density at radius 2 is 1.90 bits per heavy atom. The number of amides is 1. The van der Waals surface area contributed by atoms with Crippen LogP contribution in [0.5, 0.6) is 0 Å². The molecular weight excluding hydrogens is 416 g/mol. The van der Waals surface area contributed by atoms with Crippen molar-refractivity contribution in [3.63, 3.8) is 0 Å². The molecule has 0 bridgehead atoms. The van der Waals surface area contributed by atoms with Gasteiger partial charge >= 0.3 is 5.69 Å². The highest BCUT2D eigenvalue weighted by Gasteiger charge is 2.21. The number of hydrogen-bond acceptors (Lipinski definition) is 4. The predicted octanol–water partition coefficient (Wildman–Crippen LogP) is 3.24. The zero-order valence-electron chi connectivity index (χ0n) is 18.0. The first-order valence-electron chi connectivity index (χ1n) is 10.1. The Bertz CT molecular complexity index is 1250. The van der Waals surface area contributed by atoms with E-state index in [0.29, 0.717) is 17.1 Å². The minimum absolute atomic E-state index is 0.0189. The molecule has 162 valence electrons. The van der Waals surface area contributed by atoms with Crippen LogP contribution in [0.4, 0.5) is 0 Å². The van der Waals surface area contributed by atoms with E-state index in [-0.39, 0.29) is 18.3 Å². The second kappa shape index (κ2) is 9.31. The molecule has 8 heteroatoms. The third kappa shape index (κ3) is 4.94. The highest BCUT2D eigenvalue weighted by atomic mass is 35.5. The van der Waals surface area contributed by atoms with Gasteiger partial charge in [-0.15, -0.1) is 0 Å². The van der Waals surface area contributed by atoms with E-state index in [0.717, 1.165) is 25.9 Å². The van der Waals surface area contributed by atoms with Crippen molar-refractivity contribution in [3.05, 3.63) is 90.7 Å². The molecule has 2 aromatic carbocycles. The van der Waals surface area contributed by atoms with Crippen LogP contribution >= 0.6 is 11.6 Å². The number of nitrogens with zero attached hydrogens (tertiary/aromatic N) is 3. The Hall–Kier alpha value is -3.19. The van der Waals surface area contributed by atoms with Crippen LogP contribution in [-0.2, 0) is 6.54 Å². The first-order valence-corrected chi connectivity index (χ1v) is 10.5. The van der Waals surface area contributed by atoms with Crippen molar-refractivity contribution < 1.29 is 4.79 Å². The molecule has 7 nitrogen and oxygen atoms in total. The molecule has 3 aromatic rings. The number of aromatic nitrogens is 3. The van der Waals surface area contributed by atoms with Gasteiger partial charge in [-0.1, -0.05) is 54.4 Å². The summed E-state index contributed by atoms with van der Waals surface area (Å²) >= 11 is 6.23. The molecule has 0 saturated heterocycles. The van der Waals surface area contributed by atoms with Crippen LogP contribution in [0, 0.1) is 13.8 Å². The molecule has 0 fully saturated rings. The molecule has 1 N–H and O–H groups in total. The van der Waals surface area contributed by atoms with Gasteiger partial charge in [-0.25, -0.2) is 4.79 Å². The summed E-state index contributed by atoms with van der Waals surface area (Å²) in [5.74, 6) is -0.621. The van der Waals surface area contributed by atoms with Crippen molar-refractivity contribution in [1.82, 2.24) is 19.7 Å². The van der Waals surface area contributed by atoms with Crippen molar-refractivity contribution in [1.29, 1.82) is 0 Å². The van der Waals surface area contributed by atoms with Gasteiger partial charge in [0.25, 0.3) is 11.5 Å². The third-order valence-corrected chi connectivity index (χ3v) is 5.50. The lowest BCUT2D eigenvalue weighted by atomic mass is 10.1. The van der Waals surface area contributed by atoms with Crippen LogP contribution in [0.2, 0.25) is 5.02 Å². The normalized spacial score (nSPS) is 11.9. The van der Waals surface area contributed by atoms with E-state index in [1.54, 1.807) is 18.2 Å². The fourth-order valence-electron chi connectivity index (χ4n) is 3.07. The molecule has 1 aromatic heterocycles. The lowest BCUT2D eigenvalue weighted by Gasteiger charge is -2.15. The number of rotatable bonds is 6. The second-order valence-corrected chi connectivity index (χ2v) is 8.05. The van der Waals surface area contributed by atoms with Crippen LogP contribution in [0.15, 0.2) is 52.1 Å². The summed E-state index contributed by atoms with van der Waals surface area (Å²) in [4.78, 5) is 39.1. The minimum atomic E-state index is -0.734. The summed E-state index contributed by atoms with van der Waals surface area (Å²) in [6.07, 6.45) is 0.691. The summed E-state index contributed by atoms with van der Waals surface area (Å²) in [6, 6.07) is 12.4. The first kappa shape index (κ1) is 22.5. The molecule has 0 spiro atoms. The molecule has 0 aliphatic carbocycles. The Balaban J connectivity index is 2.21. The van der Waals surface area contributed by atoms with E-state index in [2.05, 4.69) is 10.4 Å². The van der Waals surface area contributed by atoms with Gasteiger partial charge in [0.05, 0.1) is 12.2 Å². The largest absolute Gasteiger partial charge is 0.352 e. The van der Waals surface area contributed by atoms with Crippen molar-refractivity contribution in [2.45, 2.75) is 46.7 Å². The third-order valence-electron chi connectivity index (χ3n) is 5.09. The van der Waals surface area contributed by atoms with Crippen LogP contribution in [0.1, 0.15) is 47.4 Å². The highest BCUT2D eigenvalue weighted by Crippen LogP contribution is 2.18. The number of halogens is 1. The summed E-state index contributed by atoms with van der Waals surface area (Å²) in [5, 5.41) is 7.32. The Morgan fingerprint density at radius 3 is 2.55 bits per heavy atom. The van der Waals surface area contributed by atoms with E-state index in [9.17, 15) is 14.4 Å². The summed E-state index contributed by atoms with van der Waals surface area (Å²) < 4.78 is 2.08. The average molecular weight is 441 g/mol. The monoisotopic (exact) mass is 440 g/mol. The molecule has 1 heterocycles. The number of benzene rings is 2. The number of carbonyl (C=O) groups is 1. The SMILES string of the molecule is CC[C@H](C)NC(=O)c1nn(-c2ccc(C)c(Cl)c2)c(=O)n(Cc2cccc(C)c2)c1=O. The van der Waals surface area contributed by atoms with Gasteiger partial charge in [0.15, 0.2) is 0 Å². The fourth-order valence-corrected chi connectivity index (χ4v) is 3.24. The summed E-state index contributed by atoms with van der Waals surface area (Å²) in [7, 11) is 0. The van der Waals surface area contributed by atoms with Crippen molar-refractivity contribution in [2.24, 2.45) is 0 Å². The Labute approximate surface area is 185 Å². The first-order chi connectivity index (χ1) is 14.7. The van der Waals surface area contributed by atoms with Crippen molar-refractivity contribution in [2.75, 3.05) is 0 Å². The van der Waals surface area contributed by atoms with Gasteiger partial charge in [-0.2, -0.15) is 9.78 Å². The molecule has 0 unspecified atom stereocenters. The van der Waals surface area contributed by atoms with E-state index < -0.39 is 17.2 Å². The Morgan fingerprint density at radius 1 is 1.16 bits per heavy atom. The molecule has 0 radical (unpaired) electrons. The molecule has 1 amide bonds. The maximum atomic E-state index is 13.2. The van der Waals surface area contributed by atoms with Gasteiger partial charge in [0.2, 0.25) is 5.69 Å². The fraction of sp³-hybridized carbons (Fsp3) is 0.304. The zero-order chi connectivity index (χ0) is 22.7. The van der Waals surface area contributed by atoms with E-state index in [4.69, 9.17) is 11.6 Å². The average Bonchev–Trinajstić information content (AvgIpc) is 2.73. The van der Waals surface area contributed by atoms with Gasteiger partial charge in [0.1, 0.15) is 0 Å². The summed E-state index contributed by atoms with van der Waals surface area (Å²) in [5.41, 5.74) is 1.25. The Kier molecular flexibility index (Phi) is 6.75. The van der Waals surface area contributed by atoms with Gasteiger partial charge in [-0.05, 0) is 50.5 Å².